The first kappa shape index (κ1) is 15.9. The predicted molar refractivity (Wildman–Crippen MR) is 80.2 cm³/mol. The van der Waals surface area contributed by atoms with E-state index in [-0.39, 0.29) is 23.9 Å². The molecule has 1 N–H and O–H groups in total. The molecule has 0 unspecified atom stereocenters. The minimum Gasteiger partial charge on any atom is -0.419 e. The molecule has 0 spiro atoms. The van der Waals surface area contributed by atoms with Crippen molar-refractivity contribution in [1.29, 1.82) is 0 Å². The number of aromatic nitrogens is 2. The number of nitrogens with one attached hydrogen (secondary N) is 1. The van der Waals surface area contributed by atoms with Crippen LogP contribution in [0.3, 0.4) is 0 Å². The van der Waals surface area contributed by atoms with Crippen molar-refractivity contribution in [2.24, 2.45) is 0 Å². The minimum atomic E-state index is -4.76. The summed E-state index contributed by atoms with van der Waals surface area (Å²) >= 11 is 0. The van der Waals surface area contributed by atoms with E-state index in [2.05, 4.69) is 20.3 Å². The van der Waals surface area contributed by atoms with Gasteiger partial charge in [-0.2, -0.15) is 0 Å². The molecule has 8 heteroatoms. The molecule has 0 atom stereocenters. The van der Waals surface area contributed by atoms with Gasteiger partial charge < -0.3 is 14.5 Å². The minimum absolute atomic E-state index is 0.0675. The third-order valence-corrected chi connectivity index (χ3v) is 3.03. The topological polar surface area (TPSA) is 60.2 Å². The molecule has 3 aromatic rings. The second-order valence-corrected chi connectivity index (χ2v) is 4.76. The van der Waals surface area contributed by atoms with E-state index < -0.39 is 6.36 Å². The van der Waals surface area contributed by atoms with Gasteiger partial charge in [-0.15, -0.1) is 23.4 Å². The summed E-state index contributed by atoms with van der Waals surface area (Å²) in [7, 11) is 0. The maximum atomic E-state index is 12.4. The quantitative estimate of drug-likeness (QED) is 0.755. The Morgan fingerprint density at radius 2 is 1.67 bits per heavy atom. The second-order valence-electron chi connectivity index (χ2n) is 4.76. The van der Waals surface area contributed by atoms with Gasteiger partial charge in [0, 0.05) is 5.56 Å². The van der Waals surface area contributed by atoms with E-state index in [9.17, 15) is 13.2 Å². The van der Waals surface area contributed by atoms with Crippen molar-refractivity contribution < 1.29 is 22.3 Å². The number of benzene rings is 2. The summed E-state index contributed by atoms with van der Waals surface area (Å²) in [6, 6.07) is 14.9. The fourth-order valence-corrected chi connectivity index (χ4v) is 2.02. The van der Waals surface area contributed by atoms with Gasteiger partial charge in [0.05, 0.1) is 12.2 Å². The predicted octanol–water partition coefficient (Wildman–Crippen LogP) is 4.25. The smallest absolute Gasteiger partial charge is 0.419 e. The van der Waals surface area contributed by atoms with Crippen LogP contribution in [0.2, 0.25) is 0 Å². The highest BCUT2D eigenvalue weighted by molar-refractivity contribution is 5.56. The molecule has 0 radical (unpaired) electrons. The van der Waals surface area contributed by atoms with Gasteiger partial charge in [-0.25, -0.2) is 0 Å². The molecule has 0 amide bonds. The summed E-state index contributed by atoms with van der Waals surface area (Å²) in [5.74, 6) is 0.260. The van der Waals surface area contributed by atoms with Gasteiger partial charge in [-0.1, -0.05) is 30.3 Å². The summed E-state index contributed by atoms with van der Waals surface area (Å²) in [5.41, 5.74) is 0.936. The Balaban J connectivity index is 1.70. The van der Waals surface area contributed by atoms with Crippen molar-refractivity contribution in [2.45, 2.75) is 12.9 Å². The zero-order valence-electron chi connectivity index (χ0n) is 12.2. The number of alkyl halides is 3. The Morgan fingerprint density at radius 3 is 2.42 bits per heavy atom. The average Bonchev–Trinajstić information content (AvgIpc) is 3.02. The van der Waals surface area contributed by atoms with Crippen molar-refractivity contribution >= 4 is 5.69 Å². The standard InChI is InChI=1S/C16H12F3N3O2/c17-16(18,19)24-13-9-5-4-8-12(13)20-10-14-21-22-15(23-14)11-6-2-1-3-7-11/h1-9,20H,10H2. The third kappa shape index (κ3) is 4.03. The fourth-order valence-electron chi connectivity index (χ4n) is 2.02. The molecule has 24 heavy (non-hydrogen) atoms. The first-order valence-corrected chi connectivity index (χ1v) is 6.98. The first-order chi connectivity index (χ1) is 11.5. The SMILES string of the molecule is FC(F)(F)Oc1ccccc1NCc1nnc(-c2ccccc2)o1. The van der Waals surface area contributed by atoms with Crippen LogP contribution in [0.5, 0.6) is 5.75 Å². The Labute approximate surface area is 135 Å². The molecule has 0 saturated heterocycles. The molecule has 0 bridgehead atoms. The lowest BCUT2D eigenvalue weighted by Gasteiger charge is -2.13. The molecule has 124 valence electrons. The number of halogens is 3. The average molecular weight is 335 g/mol. The Morgan fingerprint density at radius 1 is 0.958 bits per heavy atom. The molecule has 1 aromatic heterocycles. The maximum Gasteiger partial charge on any atom is 0.573 e. The van der Waals surface area contributed by atoms with Crippen LogP contribution >= 0.6 is 0 Å². The highest BCUT2D eigenvalue weighted by Gasteiger charge is 2.32. The van der Waals surface area contributed by atoms with Gasteiger partial charge in [0.15, 0.2) is 5.75 Å². The van der Waals surface area contributed by atoms with Crippen molar-refractivity contribution in [3.63, 3.8) is 0 Å². The van der Waals surface area contributed by atoms with E-state index in [1.807, 2.05) is 30.3 Å². The van der Waals surface area contributed by atoms with Gasteiger partial charge in [0.25, 0.3) is 0 Å². The van der Waals surface area contributed by atoms with Crippen molar-refractivity contribution in [3.05, 3.63) is 60.5 Å². The molecular formula is C16H12F3N3O2. The number of hydrogen-bond acceptors (Lipinski definition) is 5. The van der Waals surface area contributed by atoms with Crippen molar-refractivity contribution in [1.82, 2.24) is 10.2 Å². The van der Waals surface area contributed by atoms with Crippen LogP contribution < -0.4 is 10.1 Å². The van der Waals surface area contributed by atoms with Crippen molar-refractivity contribution in [3.8, 4) is 17.2 Å². The van der Waals surface area contributed by atoms with Gasteiger partial charge in [-0.3, -0.25) is 0 Å². The number of ether oxygens (including phenoxy) is 1. The van der Waals surface area contributed by atoms with Crippen LogP contribution in [0, 0.1) is 0 Å². The summed E-state index contributed by atoms with van der Waals surface area (Å²) in [6.45, 7) is 0.0675. The first-order valence-electron chi connectivity index (χ1n) is 6.98. The van der Waals surface area contributed by atoms with Gasteiger partial charge >= 0.3 is 6.36 Å². The molecule has 0 fully saturated rings. The molecule has 0 aliphatic carbocycles. The lowest BCUT2D eigenvalue weighted by atomic mass is 10.2. The highest BCUT2D eigenvalue weighted by Crippen LogP contribution is 2.30. The molecule has 3 rings (SSSR count). The number of rotatable bonds is 5. The molecule has 1 heterocycles. The summed E-state index contributed by atoms with van der Waals surface area (Å²) < 4.78 is 46.6. The zero-order chi connectivity index (χ0) is 17.0. The van der Waals surface area contributed by atoms with E-state index in [1.54, 1.807) is 6.07 Å². The maximum absolute atomic E-state index is 12.4. The lowest BCUT2D eigenvalue weighted by molar-refractivity contribution is -0.274. The van der Waals surface area contributed by atoms with E-state index in [0.29, 0.717) is 5.89 Å². The molecule has 2 aromatic carbocycles. The summed E-state index contributed by atoms with van der Waals surface area (Å²) in [5, 5.41) is 10.6. The largest absolute Gasteiger partial charge is 0.573 e. The van der Waals surface area contributed by atoms with E-state index in [4.69, 9.17) is 4.42 Å². The number of hydrogen-bond donors (Lipinski definition) is 1. The number of nitrogens with zero attached hydrogens (tertiary/aromatic N) is 2. The van der Waals surface area contributed by atoms with Crippen LogP contribution in [0.15, 0.2) is 59.0 Å². The van der Waals surface area contributed by atoms with Crippen LogP contribution in [0.25, 0.3) is 11.5 Å². The highest BCUT2D eigenvalue weighted by atomic mass is 19.4. The Kier molecular flexibility index (Phi) is 4.37. The van der Waals surface area contributed by atoms with Gasteiger partial charge in [0.1, 0.15) is 0 Å². The zero-order valence-corrected chi connectivity index (χ0v) is 12.2. The van der Waals surface area contributed by atoms with Gasteiger partial charge in [0.2, 0.25) is 11.8 Å². The van der Waals surface area contributed by atoms with Gasteiger partial charge in [-0.05, 0) is 24.3 Å². The number of anilines is 1. The van der Waals surface area contributed by atoms with E-state index in [1.165, 1.54) is 18.2 Å². The summed E-state index contributed by atoms with van der Waals surface area (Å²) in [4.78, 5) is 0. The lowest BCUT2D eigenvalue weighted by Crippen LogP contribution is -2.18. The van der Waals surface area contributed by atoms with E-state index >= 15 is 0 Å². The Hall–Kier alpha value is -3.03. The molecule has 0 saturated carbocycles. The summed E-state index contributed by atoms with van der Waals surface area (Å²) in [6.07, 6.45) is -4.76. The molecule has 5 nitrogen and oxygen atoms in total. The molecule has 0 aliphatic heterocycles. The Bertz CT molecular complexity index is 804. The van der Waals surface area contributed by atoms with Crippen LogP contribution in [0.1, 0.15) is 5.89 Å². The van der Waals surface area contributed by atoms with Crippen molar-refractivity contribution in [2.75, 3.05) is 5.32 Å². The second kappa shape index (κ2) is 6.61. The van der Waals surface area contributed by atoms with Crippen LogP contribution in [-0.4, -0.2) is 16.6 Å². The van der Waals surface area contributed by atoms with Crippen LogP contribution in [0.4, 0.5) is 18.9 Å². The van der Waals surface area contributed by atoms with E-state index in [0.717, 1.165) is 5.56 Å². The number of para-hydroxylation sites is 2. The fraction of sp³-hybridized carbons (Fsp3) is 0.125. The molecule has 0 aliphatic rings. The normalized spacial score (nSPS) is 11.3. The monoisotopic (exact) mass is 335 g/mol. The molecular weight excluding hydrogens is 323 g/mol. The van der Waals surface area contributed by atoms with Crippen LogP contribution in [-0.2, 0) is 6.54 Å². The third-order valence-electron chi connectivity index (χ3n) is 3.03.